The zero-order chi connectivity index (χ0) is 9.87. The summed E-state index contributed by atoms with van der Waals surface area (Å²) < 4.78 is 5.44. The molecule has 82 valence electrons. The zero-order valence-corrected chi connectivity index (χ0v) is 8.04. The van der Waals surface area contributed by atoms with Gasteiger partial charge >= 0.3 is 0 Å². The van der Waals surface area contributed by atoms with Crippen LogP contribution >= 0.6 is 0 Å². The third kappa shape index (κ3) is 1.04. The quantitative estimate of drug-likeness (QED) is 0.398. The number of hydrogen-bond acceptors (Lipinski definition) is 4. The van der Waals surface area contributed by atoms with Crippen LogP contribution < -0.4 is 0 Å². The van der Waals surface area contributed by atoms with Crippen LogP contribution in [0.5, 0.6) is 0 Å². The summed E-state index contributed by atoms with van der Waals surface area (Å²) in [6.07, 6.45) is 3.22. The number of hydrogen-bond donors (Lipinski definition) is 0. The smallest absolute Gasteiger partial charge is 0.260 e. The van der Waals surface area contributed by atoms with Crippen LogP contribution in [-0.2, 0) is 19.2 Å². The van der Waals surface area contributed by atoms with Gasteiger partial charge in [-0.05, 0) is 0 Å². The van der Waals surface area contributed by atoms with E-state index in [1.165, 1.54) is 7.11 Å². The molecular formula is C9H11NO5. The van der Waals surface area contributed by atoms with E-state index in [0.717, 1.165) is 5.06 Å². The lowest BCUT2D eigenvalue weighted by Crippen LogP contribution is -2.33. The standard InChI is InChI=1S/C9H9NO4.H2O/c1-13-10-8(11)6-4-2-3-5(14-4)7(6)9(10)12;/h2-7H,1H3;1H2. The van der Waals surface area contributed by atoms with Gasteiger partial charge in [0.25, 0.3) is 11.8 Å². The first-order valence-electron chi connectivity index (χ1n) is 4.50. The Hall–Kier alpha value is -1.24. The average molecular weight is 213 g/mol. The average Bonchev–Trinajstić information content (AvgIpc) is 2.80. The predicted octanol–water partition coefficient (Wildman–Crippen LogP) is -1.34. The first kappa shape index (κ1) is 10.3. The number of nitrogens with zero attached hydrogens (tertiary/aromatic N) is 1. The van der Waals surface area contributed by atoms with Gasteiger partial charge in [0.05, 0.1) is 31.2 Å². The molecule has 6 heteroatoms. The summed E-state index contributed by atoms with van der Waals surface area (Å²) in [6, 6.07) is 0. The molecule has 3 aliphatic rings. The zero-order valence-electron chi connectivity index (χ0n) is 8.04. The summed E-state index contributed by atoms with van der Waals surface area (Å²) in [5.41, 5.74) is 0. The van der Waals surface area contributed by atoms with E-state index in [1.807, 2.05) is 12.2 Å². The van der Waals surface area contributed by atoms with E-state index in [1.54, 1.807) is 0 Å². The summed E-state index contributed by atoms with van der Waals surface area (Å²) in [6.45, 7) is 0. The molecule has 4 unspecified atom stereocenters. The fourth-order valence-corrected chi connectivity index (χ4v) is 2.46. The van der Waals surface area contributed by atoms with Gasteiger partial charge in [-0.15, -0.1) is 0 Å². The van der Waals surface area contributed by atoms with Gasteiger partial charge in [0.15, 0.2) is 0 Å². The highest BCUT2D eigenvalue weighted by Crippen LogP contribution is 2.44. The number of fused-ring (bicyclic) bond motifs is 5. The highest BCUT2D eigenvalue weighted by Gasteiger charge is 2.61. The van der Waals surface area contributed by atoms with Crippen molar-refractivity contribution in [1.82, 2.24) is 5.06 Å². The monoisotopic (exact) mass is 213 g/mol. The summed E-state index contributed by atoms with van der Waals surface area (Å²) in [5.74, 6) is -1.28. The SMILES string of the molecule is CON1C(=O)C2C3C=CC(O3)C2C1=O.O. The Bertz CT molecular complexity index is 322. The van der Waals surface area contributed by atoms with E-state index in [9.17, 15) is 9.59 Å². The fraction of sp³-hybridized carbons (Fsp3) is 0.556. The number of rotatable bonds is 1. The summed E-state index contributed by atoms with van der Waals surface area (Å²) in [7, 11) is 1.33. The topological polar surface area (TPSA) is 87.3 Å². The van der Waals surface area contributed by atoms with E-state index >= 15 is 0 Å². The Kier molecular flexibility index (Phi) is 2.14. The molecule has 0 aromatic heterocycles. The Morgan fingerprint density at radius 1 is 1.20 bits per heavy atom. The molecule has 15 heavy (non-hydrogen) atoms. The fourth-order valence-electron chi connectivity index (χ4n) is 2.46. The lowest BCUT2D eigenvalue weighted by molar-refractivity contribution is -0.183. The molecule has 0 aromatic rings. The molecule has 0 radical (unpaired) electrons. The van der Waals surface area contributed by atoms with Crippen LogP contribution in [-0.4, -0.2) is 41.7 Å². The Balaban J connectivity index is 0.000000853. The van der Waals surface area contributed by atoms with Crippen molar-refractivity contribution in [2.24, 2.45) is 11.8 Å². The first-order valence-corrected chi connectivity index (χ1v) is 4.50. The van der Waals surface area contributed by atoms with E-state index in [4.69, 9.17) is 9.57 Å². The second-order valence-electron chi connectivity index (χ2n) is 3.66. The van der Waals surface area contributed by atoms with Crippen LogP contribution in [0.3, 0.4) is 0 Å². The second-order valence-corrected chi connectivity index (χ2v) is 3.66. The van der Waals surface area contributed by atoms with Gasteiger partial charge in [0.1, 0.15) is 0 Å². The molecule has 0 aromatic carbocycles. The Morgan fingerprint density at radius 2 is 1.67 bits per heavy atom. The van der Waals surface area contributed by atoms with Crippen LogP contribution in [0, 0.1) is 11.8 Å². The van der Waals surface area contributed by atoms with Gasteiger partial charge in [0, 0.05) is 0 Å². The van der Waals surface area contributed by atoms with E-state index < -0.39 is 0 Å². The molecular weight excluding hydrogens is 202 g/mol. The molecule has 2 fully saturated rings. The number of hydroxylamine groups is 2. The molecule has 2 saturated heterocycles. The van der Waals surface area contributed by atoms with Crippen molar-refractivity contribution in [1.29, 1.82) is 0 Å². The molecule has 0 saturated carbocycles. The minimum absolute atomic E-state index is 0. The first-order chi connectivity index (χ1) is 6.74. The van der Waals surface area contributed by atoms with Crippen molar-refractivity contribution in [2.75, 3.05) is 7.11 Å². The Morgan fingerprint density at radius 3 is 2.07 bits per heavy atom. The maximum atomic E-state index is 11.7. The van der Waals surface area contributed by atoms with Crippen molar-refractivity contribution in [2.45, 2.75) is 12.2 Å². The largest absolute Gasteiger partial charge is 0.412 e. The number of ether oxygens (including phenoxy) is 1. The maximum Gasteiger partial charge on any atom is 0.260 e. The minimum Gasteiger partial charge on any atom is -0.412 e. The minimum atomic E-state index is -0.363. The van der Waals surface area contributed by atoms with Crippen molar-refractivity contribution < 1.29 is 24.6 Å². The number of imide groups is 1. The van der Waals surface area contributed by atoms with Crippen LogP contribution in [0.4, 0.5) is 0 Å². The van der Waals surface area contributed by atoms with Crippen molar-refractivity contribution >= 4 is 11.8 Å². The Labute approximate surface area is 85.7 Å². The molecule has 4 atom stereocenters. The van der Waals surface area contributed by atoms with Crippen LogP contribution in [0.15, 0.2) is 12.2 Å². The number of carbonyl (C=O) groups excluding carboxylic acids is 2. The summed E-state index contributed by atoms with van der Waals surface area (Å²) in [4.78, 5) is 28.1. The molecule has 3 heterocycles. The molecule has 0 aliphatic carbocycles. The van der Waals surface area contributed by atoms with Crippen molar-refractivity contribution in [3.63, 3.8) is 0 Å². The molecule has 3 rings (SSSR count). The molecule has 2 N–H and O–H groups in total. The lowest BCUT2D eigenvalue weighted by atomic mass is 9.85. The van der Waals surface area contributed by atoms with Crippen molar-refractivity contribution in [3.05, 3.63) is 12.2 Å². The van der Waals surface area contributed by atoms with Gasteiger partial charge in [-0.2, -0.15) is 5.06 Å². The number of carbonyl (C=O) groups is 2. The molecule has 2 bridgehead atoms. The van der Waals surface area contributed by atoms with Gasteiger partial charge in [-0.25, -0.2) is 0 Å². The highest BCUT2D eigenvalue weighted by atomic mass is 16.7. The number of amides is 2. The third-order valence-electron chi connectivity index (χ3n) is 3.05. The maximum absolute atomic E-state index is 11.7. The van der Waals surface area contributed by atoms with Crippen LogP contribution in [0.1, 0.15) is 0 Å². The van der Waals surface area contributed by atoms with Crippen LogP contribution in [0.2, 0.25) is 0 Å². The highest BCUT2D eigenvalue weighted by molar-refractivity contribution is 6.05. The van der Waals surface area contributed by atoms with Crippen LogP contribution in [0.25, 0.3) is 0 Å². The summed E-state index contributed by atoms with van der Waals surface area (Å²) in [5, 5.41) is 0.852. The van der Waals surface area contributed by atoms with Gasteiger partial charge in [-0.3, -0.25) is 14.4 Å². The van der Waals surface area contributed by atoms with E-state index in [-0.39, 0.29) is 41.3 Å². The molecule has 6 nitrogen and oxygen atoms in total. The lowest BCUT2D eigenvalue weighted by Gasteiger charge is -2.13. The van der Waals surface area contributed by atoms with Gasteiger partial charge in [0.2, 0.25) is 0 Å². The molecule has 2 amide bonds. The molecule has 0 spiro atoms. The van der Waals surface area contributed by atoms with Gasteiger partial charge < -0.3 is 10.2 Å². The van der Waals surface area contributed by atoms with Crippen molar-refractivity contribution in [3.8, 4) is 0 Å². The third-order valence-corrected chi connectivity index (χ3v) is 3.05. The second kappa shape index (κ2) is 3.13. The van der Waals surface area contributed by atoms with E-state index in [0.29, 0.717) is 0 Å². The predicted molar refractivity (Wildman–Crippen MR) is 47.3 cm³/mol. The normalized spacial score (nSPS) is 41.0. The van der Waals surface area contributed by atoms with E-state index in [2.05, 4.69) is 0 Å². The summed E-state index contributed by atoms with van der Waals surface area (Å²) >= 11 is 0. The molecule has 3 aliphatic heterocycles. The van der Waals surface area contributed by atoms with Gasteiger partial charge in [-0.1, -0.05) is 12.2 Å².